The van der Waals surface area contributed by atoms with Crippen LogP contribution in [0.1, 0.15) is 32.3 Å². The van der Waals surface area contributed by atoms with E-state index in [1.165, 1.54) is 36.7 Å². The van der Waals surface area contributed by atoms with Crippen LogP contribution < -0.4 is 5.32 Å². The molecule has 0 fully saturated rings. The molecule has 2 heterocycles. The van der Waals surface area contributed by atoms with Gasteiger partial charge >= 0.3 is 0 Å². The molecule has 2 aromatic carbocycles. The van der Waals surface area contributed by atoms with Crippen molar-refractivity contribution in [3.63, 3.8) is 0 Å². The number of hydrogen-bond acceptors (Lipinski definition) is 6. The Hall–Kier alpha value is -2.90. The lowest BCUT2D eigenvalue weighted by atomic mass is 10.1. The zero-order valence-corrected chi connectivity index (χ0v) is 18.5. The van der Waals surface area contributed by atoms with E-state index in [1.54, 1.807) is 11.3 Å². The maximum atomic E-state index is 11.1. The van der Waals surface area contributed by atoms with Crippen LogP contribution in [0.15, 0.2) is 64.8 Å². The summed E-state index contributed by atoms with van der Waals surface area (Å²) < 4.78 is 1.10. The standard InChI is InChI=1S/C23H22N4OS2/c1-3-4-5-16-6-10-19(11-7-16)26-27-21-14-20-23(30-21)25-22(29-20)17-8-12-18(13-9-17)24-15(2)28/h6-14H,3-5H2,1-2H3,(H,24,28). The topological polar surface area (TPSA) is 66.7 Å². The second kappa shape index (κ2) is 9.28. The molecule has 1 amide bonds. The van der Waals surface area contributed by atoms with Crippen LogP contribution in [0.2, 0.25) is 0 Å². The van der Waals surface area contributed by atoms with Gasteiger partial charge in [-0.15, -0.1) is 21.6 Å². The first-order chi connectivity index (χ1) is 14.6. The summed E-state index contributed by atoms with van der Waals surface area (Å²) in [4.78, 5) is 16.8. The van der Waals surface area contributed by atoms with Crippen molar-refractivity contribution in [1.82, 2.24) is 4.98 Å². The van der Waals surface area contributed by atoms with E-state index in [0.717, 1.165) is 42.9 Å². The Morgan fingerprint density at radius 1 is 1.03 bits per heavy atom. The maximum absolute atomic E-state index is 11.1. The van der Waals surface area contributed by atoms with E-state index >= 15 is 0 Å². The molecular formula is C23H22N4OS2. The molecule has 2 aromatic heterocycles. The lowest BCUT2D eigenvalue weighted by Gasteiger charge is -2.02. The summed E-state index contributed by atoms with van der Waals surface area (Å²) in [6.07, 6.45) is 3.52. The summed E-state index contributed by atoms with van der Waals surface area (Å²) in [5, 5.41) is 13.3. The summed E-state index contributed by atoms with van der Waals surface area (Å²) in [6, 6.07) is 18.0. The highest BCUT2D eigenvalue weighted by Gasteiger charge is 2.10. The van der Waals surface area contributed by atoms with Gasteiger partial charge in [0.15, 0.2) is 0 Å². The van der Waals surface area contributed by atoms with Gasteiger partial charge in [0.05, 0.1) is 10.4 Å². The SMILES string of the molecule is CCCCc1ccc(N=Nc2cc3sc(-c4ccc(NC(C)=O)cc4)nc3s2)cc1. The summed E-state index contributed by atoms with van der Waals surface area (Å²) >= 11 is 3.17. The second-order valence-electron chi connectivity index (χ2n) is 7.00. The van der Waals surface area contributed by atoms with E-state index in [4.69, 9.17) is 4.98 Å². The number of amides is 1. The van der Waals surface area contributed by atoms with Crippen LogP contribution in [0, 0.1) is 0 Å². The number of fused-ring (bicyclic) bond motifs is 1. The van der Waals surface area contributed by atoms with Crippen molar-refractivity contribution in [2.75, 3.05) is 5.32 Å². The molecule has 0 aliphatic carbocycles. The first-order valence-corrected chi connectivity index (χ1v) is 11.5. The lowest BCUT2D eigenvalue weighted by Crippen LogP contribution is -2.05. The van der Waals surface area contributed by atoms with Gasteiger partial charge in [-0.05, 0) is 60.9 Å². The zero-order valence-electron chi connectivity index (χ0n) is 16.9. The monoisotopic (exact) mass is 434 g/mol. The average molecular weight is 435 g/mol. The van der Waals surface area contributed by atoms with Gasteiger partial charge in [0.2, 0.25) is 5.91 Å². The van der Waals surface area contributed by atoms with Gasteiger partial charge < -0.3 is 5.32 Å². The van der Waals surface area contributed by atoms with Gasteiger partial charge in [0.1, 0.15) is 14.8 Å². The number of thiazole rings is 1. The Kier molecular flexibility index (Phi) is 6.30. The molecule has 0 saturated heterocycles. The lowest BCUT2D eigenvalue weighted by molar-refractivity contribution is -0.114. The Balaban J connectivity index is 1.45. The minimum atomic E-state index is -0.0772. The quantitative estimate of drug-likeness (QED) is 0.302. The fourth-order valence-electron chi connectivity index (χ4n) is 3.01. The summed E-state index contributed by atoms with van der Waals surface area (Å²) in [5.74, 6) is -0.0772. The van der Waals surface area contributed by atoms with Gasteiger partial charge in [-0.3, -0.25) is 4.79 Å². The van der Waals surface area contributed by atoms with E-state index in [1.807, 2.05) is 42.5 Å². The predicted molar refractivity (Wildman–Crippen MR) is 126 cm³/mol. The van der Waals surface area contributed by atoms with E-state index in [9.17, 15) is 4.79 Å². The Labute approximate surface area is 183 Å². The average Bonchev–Trinajstić information content (AvgIpc) is 3.30. The number of unbranched alkanes of at least 4 members (excludes halogenated alkanes) is 1. The molecule has 0 saturated carbocycles. The van der Waals surface area contributed by atoms with Crippen molar-refractivity contribution in [2.24, 2.45) is 10.2 Å². The Morgan fingerprint density at radius 2 is 1.80 bits per heavy atom. The number of anilines is 1. The van der Waals surface area contributed by atoms with E-state index in [0.29, 0.717) is 0 Å². The number of aromatic nitrogens is 1. The molecule has 0 spiro atoms. The van der Waals surface area contributed by atoms with Crippen molar-refractivity contribution in [3.8, 4) is 10.6 Å². The fraction of sp³-hybridized carbons (Fsp3) is 0.217. The summed E-state index contributed by atoms with van der Waals surface area (Å²) in [6.45, 7) is 3.70. The number of aryl methyl sites for hydroxylation is 1. The normalized spacial score (nSPS) is 11.4. The largest absolute Gasteiger partial charge is 0.326 e. The Bertz CT molecular complexity index is 1140. The van der Waals surface area contributed by atoms with Crippen LogP contribution in [0.5, 0.6) is 0 Å². The third kappa shape index (κ3) is 4.98. The molecule has 0 unspecified atom stereocenters. The van der Waals surface area contributed by atoms with Gasteiger partial charge in [0.25, 0.3) is 0 Å². The van der Waals surface area contributed by atoms with E-state index < -0.39 is 0 Å². The minimum absolute atomic E-state index is 0.0772. The van der Waals surface area contributed by atoms with Crippen LogP contribution in [0.25, 0.3) is 20.1 Å². The number of nitrogens with zero attached hydrogens (tertiary/aromatic N) is 3. The van der Waals surface area contributed by atoms with Gasteiger partial charge in [-0.1, -0.05) is 36.8 Å². The van der Waals surface area contributed by atoms with Crippen LogP contribution in [-0.4, -0.2) is 10.9 Å². The Morgan fingerprint density at radius 3 is 2.47 bits per heavy atom. The highest BCUT2D eigenvalue weighted by atomic mass is 32.1. The van der Waals surface area contributed by atoms with Crippen LogP contribution in [0.3, 0.4) is 0 Å². The summed E-state index contributed by atoms with van der Waals surface area (Å²) in [7, 11) is 0. The molecule has 0 radical (unpaired) electrons. The van der Waals surface area contributed by atoms with Gasteiger partial charge in [-0.2, -0.15) is 0 Å². The molecule has 0 atom stereocenters. The van der Waals surface area contributed by atoms with Crippen LogP contribution in [0.4, 0.5) is 16.4 Å². The third-order valence-corrected chi connectivity index (χ3v) is 6.64. The fourth-order valence-corrected chi connectivity index (χ4v) is 5.05. The molecule has 7 heteroatoms. The molecule has 0 aliphatic heterocycles. The minimum Gasteiger partial charge on any atom is -0.326 e. The number of azo groups is 1. The van der Waals surface area contributed by atoms with E-state index in [-0.39, 0.29) is 5.91 Å². The molecule has 30 heavy (non-hydrogen) atoms. The molecule has 4 rings (SSSR count). The van der Waals surface area contributed by atoms with Gasteiger partial charge in [0, 0.05) is 18.2 Å². The van der Waals surface area contributed by atoms with Crippen LogP contribution >= 0.6 is 22.7 Å². The number of carbonyl (C=O) groups is 1. The number of nitrogens with one attached hydrogen (secondary N) is 1. The first-order valence-electron chi connectivity index (χ1n) is 9.90. The maximum Gasteiger partial charge on any atom is 0.221 e. The molecule has 152 valence electrons. The zero-order chi connectivity index (χ0) is 20.9. The molecule has 0 aliphatic rings. The second-order valence-corrected chi connectivity index (χ2v) is 9.04. The van der Waals surface area contributed by atoms with Crippen LogP contribution in [-0.2, 0) is 11.2 Å². The number of rotatable bonds is 7. The first kappa shape index (κ1) is 20.4. The predicted octanol–water partition coefficient (Wildman–Crippen LogP) is 7.74. The number of thiophene rings is 1. The molecule has 1 N–H and O–H groups in total. The molecular weight excluding hydrogens is 412 g/mol. The smallest absolute Gasteiger partial charge is 0.221 e. The molecule has 5 nitrogen and oxygen atoms in total. The molecule has 4 aromatic rings. The molecule has 0 bridgehead atoms. The number of hydrogen-bond donors (Lipinski definition) is 1. The van der Waals surface area contributed by atoms with Gasteiger partial charge in [-0.25, -0.2) is 4.98 Å². The summed E-state index contributed by atoms with van der Waals surface area (Å²) in [5.41, 5.74) is 4.02. The highest BCUT2D eigenvalue weighted by molar-refractivity contribution is 7.30. The number of benzene rings is 2. The van der Waals surface area contributed by atoms with E-state index in [2.05, 4.69) is 34.6 Å². The van der Waals surface area contributed by atoms with Crippen molar-refractivity contribution in [2.45, 2.75) is 33.1 Å². The third-order valence-electron chi connectivity index (χ3n) is 4.55. The number of carbonyl (C=O) groups excluding carboxylic acids is 1. The van der Waals surface area contributed by atoms with Crippen molar-refractivity contribution in [1.29, 1.82) is 0 Å². The van der Waals surface area contributed by atoms with Crippen molar-refractivity contribution >= 4 is 54.5 Å². The van der Waals surface area contributed by atoms with Crippen molar-refractivity contribution in [3.05, 3.63) is 60.2 Å². The van der Waals surface area contributed by atoms with Crippen molar-refractivity contribution < 1.29 is 4.79 Å². The highest BCUT2D eigenvalue weighted by Crippen LogP contribution is 2.39.